The summed E-state index contributed by atoms with van der Waals surface area (Å²) >= 11 is 0. The molecule has 9 nitrogen and oxygen atoms in total. The third-order valence-electron chi connectivity index (χ3n) is 5.79. The molecule has 1 aromatic heterocycles. The minimum Gasteiger partial charge on any atom is -0.383 e. The van der Waals surface area contributed by atoms with E-state index in [4.69, 9.17) is 4.74 Å². The first kappa shape index (κ1) is 20.3. The second kappa shape index (κ2) is 9.25. The topological polar surface area (TPSA) is 92.6 Å². The fourth-order valence-corrected chi connectivity index (χ4v) is 4.19. The Bertz CT molecular complexity index is 898. The van der Waals surface area contributed by atoms with E-state index in [1.165, 1.54) is 11.1 Å². The van der Waals surface area contributed by atoms with Crippen molar-refractivity contribution < 1.29 is 14.3 Å². The zero-order valence-corrected chi connectivity index (χ0v) is 17.3. The summed E-state index contributed by atoms with van der Waals surface area (Å²) in [6.45, 7) is 3.50. The van der Waals surface area contributed by atoms with E-state index in [-0.39, 0.29) is 18.0 Å². The average Bonchev–Trinajstić information content (AvgIpc) is 3.43. The van der Waals surface area contributed by atoms with Gasteiger partial charge in [-0.05, 0) is 30.4 Å². The van der Waals surface area contributed by atoms with Crippen LogP contribution in [0.4, 0.5) is 4.79 Å². The summed E-state index contributed by atoms with van der Waals surface area (Å²) in [6.07, 6.45) is 4.41. The van der Waals surface area contributed by atoms with E-state index in [0.717, 1.165) is 25.8 Å². The molecule has 2 aromatic rings. The molecule has 3 heterocycles. The molecular formula is C21H28N6O3. The Balaban J connectivity index is 1.36. The van der Waals surface area contributed by atoms with Gasteiger partial charge in [0, 0.05) is 33.3 Å². The van der Waals surface area contributed by atoms with Gasteiger partial charge in [-0.15, -0.1) is 5.10 Å². The van der Waals surface area contributed by atoms with Crippen LogP contribution in [0.1, 0.15) is 34.5 Å². The third-order valence-corrected chi connectivity index (χ3v) is 5.79. The standard InChI is InChI=1S/C21H28N6O3/c1-30-12-9-22-21(29)27-10-4-7-18(27)14-26-15-19(23-24-26)20(28)25-11-8-16-5-2-3-6-17(16)13-25/h2-3,5-6,15,18H,4,7-14H2,1H3,(H,22,29)/t18-/m0/s1. The largest absolute Gasteiger partial charge is 0.383 e. The predicted octanol–water partition coefficient (Wildman–Crippen LogP) is 1.30. The van der Waals surface area contributed by atoms with Crippen molar-refractivity contribution in [2.45, 2.75) is 38.4 Å². The first-order valence-electron chi connectivity index (χ1n) is 10.5. The van der Waals surface area contributed by atoms with Crippen molar-refractivity contribution in [3.8, 4) is 0 Å². The summed E-state index contributed by atoms with van der Waals surface area (Å²) in [5.41, 5.74) is 2.84. The van der Waals surface area contributed by atoms with Gasteiger partial charge in [0.25, 0.3) is 5.91 Å². The lowest BCUT2D eigenvalue weighted by molar-refractivity contribution is 0.0728. The fraction of sp³-hybridized carbons (Fsp3) is 0.524. The summed E-state index contributed by atoms with van der Waals surface area (Å²) in [4.78, 5) is 29.0. The fourth-order valence-electron chi connectivity index (χ4n) is 4.19. The molecule has 0 bridgehead atoms. The van der Waals surface area contributed by atoms with Gasteiger partial charge in [-0.1, -0.05) is 29.5 Å². The van der Waals surface area contributed by atoms with E-state index in [2.05, 4.69) is 27.8 Å². The molecule has 3 amide bonds. The van der Waals surface area contributed by atoms with E-state index >= 15 is 0 Å². The molecule has 1 N–H and O–H groups in total. The van der Waals surface area contributed by atoms with Crippen LogP contribution in [0.3, 0.4) is 0 Å². The van der Waals surface area contributed by atoms with Gasteiger partial charge in [0.2, 0.25) is 0 Å². The maximum atomic E-state index is 12.9. The van der Waals surface area contributed by atoms with Crippen LogP contribution in [0.15, 0.2) is 30.5 Å². The van der Waals surface area contributed by atoms with Gasteiger partial charge in [-0.3, -0.25) is 4.79 Å². The molecule has 1 fully saturated rings. The number of fused-ring (bicyclic) bond motifs is 1. The molecule has 1 aromatic carbocycles. The Hall–Kier alpha value is -2.94. The Morgan fingerprint density at radius 1 is 1.23 bits per heavy atom. The number of benzene rings is 1. The second-order valence-corrected chi connectivity index (χ2v) is 7.79. The van der Waals surface area contributed by atoms with Crippen molar-refractivity contribution in [3.63, 3.8) is 0 Å². The summed E-state index contributed by atoms with van der Waals surface area (Å²) in [6, 6.07) is 8.18. The number of carbonyl (C=O) groups excluding carboxylic acids is 2. The smallest absolute Gasteiger partial charge is 0.317 e. The normalized spacial score (nSPS) is 18.4. The number of methoxy groups -OCH3 is 1. The summed E-state index contributed by atoms with van der Waals surface area (Å²) in [7, 11) is 1.61. The molecule has 0 spiro atoms. The van der Waals surface area contributed by atoms with Crippen molar-refractivity contribution in [1.29, 1.82) is 0 Å². The molecule has 0 aliphatic carbocycles. The van der Waals surface area contributed by atoms with E-state index in [1.54, 1.807) is 18.0 Å². The van der Waals surface area contributed by atoms with E-state index in [0.29, 0.717) is 38.5 Å². The highest BCUT2D eigenvalue weighted by molar-refractivity contribution is 5.92. The van der Waals surface area contributed by atoms with E-state index < -0.39 is 0 Å². The number of carbonyl (C=O) groups is 2. The molecular weight excluding hydrogens is 384 g/mol. The first-order valence-corrected chi connectivity index (χ1v) is 10.5. The molecule has 4 rings (SSSR count). The monoisotopic (exact) mass is 412 g/mol. The molecule has 160 valence electrons. The Labute approximate surface area is 176 Å². The van der Waals surface area contributed by atoms with Gasteiger partial charge in [0.1, 0.15) is 0 Å². The zero-order valence-electron chi connectivity index (χ0n) is 17.3. The number of hydrogen-bond donors (Lipinski definition) is 1. The van der Waals surface area contributed by atoms with Crippen LogP contribution in [-0.4, -0.2) is 76.1 Å². The Morgan fingerprint density at radius 3 is 2.90 bits per heavy atom. The zero-order chi connectivity index (χ0) is 20.9. The highest BCUT2D eigenvalue weighted by atomic mass is 16.5. The number of rotatable bonds is 6. The highest BCUT2D eigenvalue weighted by Crippen LogP contribution is 2.21. The number of ether oxygens (including phenoxy) is 1. The average molecular weight is 412 g/mol. The molecule has 1 saturated heterocycles. The number of urea groups is 1. The third kappa shape index (κ3) is 4.46. The maximum Gasteiger partial charge on any atom is 0.317 e. The minimum absolute atomic E-state index is 0.0408. The highest BCUT2D eigenvalue weighted by Gasteiger charge is 2.30. The van der Waals surface area contributed by atoms with Crippen molar-refractivity contribution >= 4 is 11.9 Å². The number of aromatic nitrogens is 3. The lowest BCUT2D eigenvalue weighted by Gasteiger charge is -2.28. The molecule has 9 heteroatoms. The summed E-state index contributed by atoms with van der Waals surface area (Å²) in [5.74, 6) is -0.101. The van der Waals surface area contributed by atoms with Crippen LogP contribution in [-0.2, 0) is 24.2 Å². The van der Waals surface area contributed by atoms with Gasteiger partial charge in [0.15, 0.2) is 5.69 Å². The molecule has 30 heavy (non-hydrogen) atoms. The van der Waals surface area contributed by atoms with Crippen LogP contribution < -0.4 is 5.32 Å². The molecule has 2 aliphatic heterocycles. The van der Waals surface area contributed by atoms with Crippen LogP contribution in [0, 0.1) is 0 Å². The first-order chi connectivity index (χ1) is 14.7. The van der Waals surface area contributed by atoms with Crippen molar-refractivity contribution in [2.75, 3.05) is 33.4 Å². The predicted molar refractivity (Wildman–Crippen MR) is 110 cm³/mol. The number of amides is 3. The Morgan fingerprint density at radius 2 is 2.07 bits per heavy atom. The molecule has 0 radical (unpaired) electrons. The lowest BCUT2D eigenvalue weighted by atomic mass is 10.00. The van der Waals surface area contributed by atoms with Crippen LogP contribution in [0.25, 0.3) is 0 Å². The lowest BCUT2D eigenvalue weighted by Crippen LogP contribution is -2.45. The van der Waals surface area contributed by atoms with Gasteiger partial charge < -0.3 is 19.9 Å². The molecule has 2 aliphatic rings. The number of likely N-dealkylation sites (tertiary alicyclic amines) is 1. The van der Waals surface area contributed by atoms with Crippen LogP contribution >= 0.6 is 0 Å². The van der Waals surface area contributed by atoms with Gasteiger partial charge in [-0.2, -0.15) is 0 Å². The van der Waals surface area contributed by atoms with Crippen molar-refractivity contribution in [1.82, 2.24) is 30.1 Å². The maximum absolute atomic E-state index is 12.9. The summed E-state index contributed by atoms with van der Waals surface area (Å²) < 4.78 is 6.66. The summed E-state index contributed by atoms with van der Waals surface area (Å²) in [5, 5.41) is 11.1. The molecule has 0 saturated carbocycles. The van der Waals surface area contributed by atoms with Gasteiger partial charge >= 0.3 is 6.03 Å². The van der Waals surface area contributed by atoms with Crippen molar-refractivity contribution in [3.05, 3.63) is 47.3 Å². The van der Waals surface area contributed by atoms with Gasteiger partial charge in [0.05, 0.1) is 25.4 Å². The Kier molecular flexibility index (Phi) is 6.27. The van der Waals surface area contributed by atoms with E-state index in [1.807, 2.05) is 21.9 Å². The SMILES string of the molecule is COCCNC(=O)N1CCC[C@H]1Cn1cc(C(=O)N2CCc3ccccc3C2)nn1. The molecule has 1 atom stereocenters. The quantitative estimate of drug-likeness (QED) is 0.722. The second-order valence-electron chi connectivity index (χ2n) is 7.79. The van der Waals surface area contributed by atoms with Gasteiger partial charge in [-0.25, -0.2) is 9.48 Å². The number of hydrogen-bond acceptors (Lipinski definition) is 5. The van der Waals surface area contributed by atoms with E-state index in [9.17, 15) is 9.59 Å². The van der Waals surface area contributed by atoms with Crippen LogP contribution in [0.5, 0.6) is 0 Å². The van der Waals surface area contributed by atoms with Crippen LogP contribution in [0.2, 0.25) is 0 Å². The molecule has 0 unspecified atom stereocenters. The minimum atomic E-state index is -0.101. The number of nitrogens with zero attached hydrogens (tertiary/aromatic N) is 5. The van der Waals surface area contributed by atoms with Crippen molar-refractivity contribution in [2.24, 2.45) is 0 Å². The number of nitrogens with one attached hydrogen (secondary N) is 1.